The Kier molecular flexibility index (Phi) is 3.71. The van der Waals surface area contributed by atoms with Crippen molar-refractivity contribution in [2.24, 2.45) is 5.73 Å². The summed E-state index contributed by atoms with van der Waals surface area (Å²) < 4.78 is 10.9. The molecule has 0 aromatic rings. The van der Waals surface area contributed by atoms with Crippen molar-refractivity contribution in [3.63, 3.8) is 0 Å². The van der Waals surface area contributed by atoms with Crippen LogP contribution in [0.25, 0.3) is 0 Å². The predicted octanol–water partition coefficient (Wildman–Crippen LogP) is 1.31. The van der Waals surface area contributed by atoms with Gasteiger partial charge in [-0.25, -0.2) is 0 Å². The first-order chi connectivity index (χ1) is 6.04. The molecular formula is C10H21NO2. The molecule has 1 heterocycles. The second kappa shape index (κ2) is 4.40. The van der Waals surface area contributed by atoms with Crippen molar-refractivity contribution in [2.45, 2.75) is 51.4 Å². The normalized spacial score (nSPS) is 34.4. The summed E-state index contributed by atoms with van der Waals surface area (Å²) in [7, 11) is 0. The van der Waals surface area contributed by atoms with Crippen LogP contribution < -0.4 is 5.73 Å². The molecule has 0 spiro atoms. The van der Waals surface area contributed by atoms with Gasteiger partial charge in [0.2, 0.25) is 0 Å². The highest BCUT2D eigenvalue weighted by atomic mass is 16.5. The van der Waals surface area contributed by atoms with E-state index >= 15 is 0 Å². The van der Waals surface area contributed by atoms with Crippen molar-refractivity contribution in [2.75, 3.05) is 13.2 Å². The van der Waals surface area contributed by atoms with Crippen LogP contribution in [0.15, 0.2) is 0 Å². The molecule has 13 heavy (non-hydrogen) atoms. The van der Waals surface area contributed by atoms with Gasteiger partial charge in [-0.05, 0) is 33.6 Å². The zero-order valence-electron chi connectivity index (χ0n) is 8.88. The van der Waals surface area contributed by atoms with Crippen LogP contribution in [0.1, 0.15) is 33.6 Å². The molecule has 0 saturated carbocycles. The molecule has 1 fully saturated rings. The van der Waals surface area contributed by atoms with E-state index in [0.29, 0.717) is 6.10 Å². The molecule has 0 amide bonds. The van der Waals surface area contributed by atoms with Crippen LogP contribution in [0.2, 0.25) is 0 Å². The number of ether oxygens (including phenoxy) is 2. The van der Waals surface area contributed by atoms with Gasteiger partial charge in [0, 0.05) is 18.8 Å². The molecule has 0 aromatic carbocycles. The third-order valence-electron chi connectivity index (χ3n) is 2.76. The minimum Gasteiger partial charge on any atom is -0.379 e. The van der Waals surface area contributed by atoms with E-state index in [4.69, 9.17) is 15.2 Å². The van der Waals surface area contributed by atoms with E-state index in [9.17, 15) is 0 Å². The van der Waals surface area contributed by atoms with Crippen molar-refractivity contribution < 1.29 is 9.47 Å². The van der Waals surface area contributed by atoms with Gasteiger partial charge in [0.15, 0.2) is 0 Å². The molecule has 0 bridgehead atoms. The smallest absolute Gasteiger partial charge is 0.0728 e. The molecular weight excluding hydrogens is 166 g/mol. The lowest BCUT2D eigenvalue weighted by molar-refractivity contribution is 0.0452. The third-order valence-corrected chi connectivity index (χ3v) is 2.76. The van der Waals surface area contributed by atoms with Gasteiger partial charge in [0.25, 0.3) is 0 Å². The lowest BCUT2D eigenvalue weighted by atomic mass is 9.90. The fourth-order valence-corrected chi connectivity index (χ4v) is 1.61. The topological polar surface area (TPSA) is 44.5 Å². The number of rotatable bonds is 4. The van der Waals surface area contributed by atoms with Crippen molar-refractivity contribution in [1.82, 2.24) is 0 Å². The Morgan fingerprint density at radius 3 is 2.77 bits per heavy atom. The monoisotopic (exact) mass is 187 g/mol. The first-order valence-electron chi connectivity index (χ1n) is 5.07. The first kappa shape index (κ1) is 11.0. The van der Waals surface area contributed by atoms with E-state index in [2.05, 4.69) is 0 Å². The van der Waals surface area contributed by atoms with Crippen LogP contribution in [0.5, 0.6) is 0 Å². The molecule has 1 saturated heterocycles. The molecule has 3 heteroatoms. The zero-order chi connectivity index (χ0) is 9.90. The molecule has 0 aliphatic carbocycles. The van der Waals surface area contributed by atoms with Crippen LogP contribution >= 0.6 is 0 Å². The third kappa shape index (κ3) is 2.93. The van der Waals surface area contributed by atoms with Gasteiger partial charge in [-0.15, -0.1) is 0 Å². The van der Waals surface area contributed by atoms with Crippen LogP contribution in [0.3, 0.4) is 0 Å². The molecule has 3 nitrogen and oxygen atoms in total. The number of hydrogen-bond acceptors (Lipinski definition) is 3. The minimum absolute atomic E-state index is 0.158. The maximum absolute atomic E-state index is 6.18. The Labute approximate surface area is 80.6 Å². The van der Waals surface area contributed by atoms with Gasteiger partial charge >= 0.3 is 0 Å². The largest absolute Gasteiger partial charge is 0.379 e. The van der Waals surface area contributed by atoms with Gasteiger partial charge < -0.3 is 15.2 Å². The van der Waals surface area contributed by atoms with E-state index < -0.39 is 0 Å². The summed E-state index contributed by atoms with van der Waals surface area (Å²) in [4.78, 5) is 0. The predicted molar refractivity (Wildman–Crippen MR) is 52.7 cm³/mol. The highest BCUT2D eigenvalue weighted by Gasteiger charge is 2.37. The Hall–Kier alpha value is -0.120. The number of nitrogens with two attached hydrogens (primary N) is 1. The summed E-state index contributed by atoms with van der Waals surface area (Å²) in [5.74, 6) is 0. The van der Waals surface area contributed by atoms with Crippen LogP contribution in [-0.2, 0) is 9.47 Å². The Morgan fingerprint density at radius 1 is 1.62 bits per heavy atom. The Bertz CT molecular complexity index is 161. The van der Waals surface area contributed by atoms with E-state index in [1.54, 1.807) is 0 Å². The zero-order valence-corrected chi connectivity index (χ0v) is 8.88. The summed E-state index contributed by atoms with van der Waals surface area (Å²) in [6.07, 6.45) is 2.31. The highest BCUT2D eigenvalue weighted by molar-refractivity contribution is 4.94. The SMILES string of the molecule is CC(C)OCCC1(N)CCOC1C. The first-order valence-corrected chi connectivity index (χ1v) is 5.07. The Balaban J connectivity index is 2.26. The summed E-state index contributed by atoms with van der Waals surface area (Å²) in [5, 5.41) is 0. The molecule has 2 atom stereocenters. The van der Waals surface area contributed by atoms with Gasteiger partial charge in [-0.3, -0.25) is 0 Å². The Morgan fingerprint density at radius 2 is 2.31 bits per heavy atom. The minimum atomic E-state index is -0.158. The van der Waals surface area contributed by atoms with Crippen LogP contribution in [-0.4, -0.2) is 31.0 Å². The van der Waals surface area contributed by atoms with Crippen molar-refractivity contribution in [3.05, 3.63) is 0 Å². The van der Waals surface area contributed by atoms with Gasteiger partial charge in [0.1, 0.15) is 0 Å². The maximum Gasteiger partial charge on any atom is 0.0728 e. The van der Waals surface area contributed by atoms with E-state index in [-0.39, 0.29) is 11.6 Å². The van der Waals surface area contributed by atoms with Gasteiger partial charge in [-0.2, -0.15) is 0 Å². The standard InChI is InChI=1S/C10H21NO2/c1-8(2)12-6-4-10(11)5-7-13-9(10)3/h8-9H,4-7,11H2,1-3H3. The maximum atomic E-state index is 6.18. The average Bonchev–Trinajstić information content (AvgIpc) is 2.32. The van der Waals surface area contributed by atoms with Gasteiger partial charge in [0.05, 0.1) is 12.2 Å². The second-order valence-electron chi connectivity index (χ2n) is 4.17. The van der Waals surface area contributed by atoms with E-state index in [1.807, 2.05) is 20.8 Å². The van der Waals surface area contributed by atoms with Gasteiger partial charge in [-0.1, -0.05) is 0 Å². The fraction of sp³-hybridized carbons (Fsp3) is 1.00. The van der Waals surface area contributed by atoms with Crippen LogP contribution in [0, 0.1) is 0 Å². The van der Waals surface area contributed by atoms with Crippen molar-refractivity contribution >= 4 is 0 Å². The fourth-order valence-electron chi connectivity index (χ4n) is 1.61. The van der Waals surface area contributed by atoms with Crippen molar-refractivity contribution in [1.29, 1.82) is 0 Å². The molecule has 0 radical (unpaired) electrons. The molecule has 1 aliphatic heterocycles. The van der Waals surface area contributed by atoms with E-state index in [0.717, 1.165) is 26.1 Å². The molecule has 2 unspecified atom stereocenters. The molecule has 2 N–H and O–H groups in total. The van der Waals surface area contributed by atoms with Crippen LogP contribution in [0.4, 0.5) is 0 Å². The molecule has 78 valence electrons. The molecule has 1 rings (SSSR count). The summed E-state index contributed by atoms with van der Waals surface area (Å²) in [6.45, 7) is 7.65. The second-order valence-corrected chi connectivity index (χ2v) is 4.17. The molecule has 1 aliphatic rings. The highest BCUT2D eigenvalue weighted by Crippen LogP contribution is 2.26. The average molecular weight is 187 g/mol. The van der Waals surface area contributed by atoms with E-state index in [1.165, 1.54) is 0 Å². The summed E-state index contributed by atoms with van der Waals surface area (Å²) in [6, 6.07) is 0. The summed E-state index contributed by atoms with van der Waals surface area (Å²) in [5.41, 5.74) is 6.03. The lowest BCUT2D eigenvalue weighted by Crippen LogP contribution is -2.47. The lowest BCUT2D eigenvalue weighted by Gasteiger charge is -2.27. The molecule has 0 aromatic heterocycles. The summed E-state index contributed by atoms with van der Waals surface area (Å²) >= 11 is 0. The quantitative estimate of drug-likeness (QED) is 0.721. The van der Waals surface area contributed by atoms with Crippen molar-refractivity contribution in [3.8, 4) is 0 Å². The number of hydrogen-bond donors (Lipinski definition) is 1.